The number of aryl methyl sites for hydroxylation is 1. The third-order valence-electron chi connectivity index (χ3n) is 5.26. The summed E-state index contributed by atoms with van der Waals surface area (Å²) in [7, 11) is 0. The fourth-order valence-electron chi connectivity index (χ4n) is 3.81. The summed E-state index contributed by atoms with van der Waals surface area (Å²) in [6.45, 7) is 3.39. The van der Waals surface area contributed by atoms with Crippen LogP contribution in [0.25, 0.3) is 10.2 Å². The number of carbonyl (C=O) groups is 1. The second kappa shape index (κ2) is 8.24. The molecule has 6 heteroatoms. The third kappa shape index (κ3) is 4.15. The number of nitrogens with one attached hydrogen (secondary N) is 1. The van der Waals surface area contributed by atoms with E-state index in [1.54, 1.807) is 17.5 Å². The van der Waals surface area contributed by atoms with Gasteiger partial charge >= 0.3 is 0 Å². The van der Waals surface area contributed by atoms with E-state index in [0.29, 0.717) is 24.5 Å². The Balaban J connectivity index is 1.37. The van der Waals surface area contributed by atoms with Crippen LogP contribution in [0.1, 0.15) is 27.2 Å². The van der Waals surface area contributed by atoms with Crippen LogP contribution in [-0.4, -0.2) is 20.3 Å². The number of benzene rings is 2. The number of carbonyl (C=O) groups excluding carboxylic acids is 1. The molecule has 3 aromatic heterocycles. The van der Waals surface area contributed by atoms with Gasteiger partial charge in [-0.05, 0) is 35.6 Å². The molecule has 0 spiro atoms. The molecule has 0 saturated carbocycles. The Morgan fingerprint density at radius 3 is 2.68 bits per heavy atom. The van der Waals surface area contributed by atoms with Crippen molar-refractivity contribution >= 4 is 33.1 Å². The van der Waals surface area contributed by atoms with Crippen molar-refractivity contribution in [3.05, 3.63) is 107 Å². The number of fused-ring (bicyclic) bond motifs is 1. The van der Waals surface area contributed by atoms with Crippen LogP contribution in [0, 0.1) is 6.92 Å². The minimum Gasteiger partial charge on any atom is -0.331 e. The summed E-state index contributed by atoms with van der Waals surface area (Å²) in [5, 5.41) is 9.48. The molecule has 0 aliphatic carbocycles. The highest BCUT2D eigenvalue weighted by atomic mass is 32.1. The van der Waals surface area contributed by atoms with Gasteiger partial charge in [0.15, 0.2) is 0 Å². The van der Waals surface area contributed by atoms with E-state index >= 15 is 0 Å². The van der Waals surface area contributed by atoms with Gasteiger partial charge in [-0.1, -0.05) is 60.2 Å². The lowest BCUT2D eigenvalue weighted by atomic mass is 10.1. The molecule has 1 N–H and O–H groups in total. The Morgan fingerprint density at radius 1 is 1.00 bits per heavy atom. The Kier molecular flexibility index (Phi) is 5.14. The van der Waals surface area contributed by atoms with Crippen molar-refractivity contribution in [3.8, 4) is 0 Å². The van der Waals surface area contributed by atoms with Gasteiger partial charge in [0.05, 0.1) is 28.6 Å². The number of thiophene rings is 1. The molecule has 0 saturated heterocycles. The number of anilines is 1. The van der Waals surface area contributed by atoms with Crippen molar-refractivity contribution in [1.82, 2.24) is 14.3 Å². The quantitative estimate of drug-likeness (QED) is 0.387. The Hall–Kier alpha value is -3.64. The van der Waals surface area contributed by atoms with Gasteiger partial charge in [-0.15, -0.1) is 11.3 Å². The van der Waals surface area contributed by atoms with Crippen LogP contribution in [-0.2, 0) is 13.1 Å². The highest BCUT2D eigenvalue weighted by Crippen LogP contribution is 2.27. The summed E-state index contributed by atoms with van der Waals surface area (Å²) in [5.74, 6) is -0.130. The molecule has 154 valence electrons. The van der Waals surface area contributed by atoms with E-state index in [-0.39, 0.29) is 5.91 Å². The number of aromatic nitrogens is 3. The molecule has 0 atom stereocenters. The second-order valence-corrected chi connectivity index (χ2v) is 8.59. The summed E-state index contributed by atoms with van der Waals surface area (Å²) in [6, 6.07) is 22.6. The summed E-state index contributed by atoms with van der Waals surface area (Å²) < 4.78 is 5.02. The highest BCUT2D eigenvalue weighted by Gasteiger charge is 2.17. The molecule has 31 heavy (non-hydrogen) atoms. The van der Waals surface area contributed by atoms with Crippen LogP contribution in [0.15, 0.2) is 84.5 Å². The molecule has 0 aliphatic rings. The SMILES string of the molecule is Cc1cccc(Cn2cc(NC(=O)c3cc4sccc4n3Cc3ccccc3)cn2)c1. The van der Waals surface area contributed by atoms with Crippen LogP contribution in [0.3, 0.4) is 0 Å². The maximum absolute atomic E-state index is 13.1. The molecular weight excluding hydrogens is 404 g/mol. The molecule has 2 aromatic carbocycles. The van der Waals surface area contributed by atoms with Gasteiger partial charge in [0.1, 0.15) is 5.69 Å². The first-order chi connectivity index (χ1) is 15.2. The van der Waals surface area contributed by atoms with E-state index in [1.165, 1.54) is 11.1 Å². The zero-order valence-electron chi connectivity index (χ0n) is 17.2. The molecule has 5 rings (SSSR count). The average molecular weight is 427 g/mol. The molecule has 0 radical (unpaired) electrons. The highest BCUT2D eigenvalue weighted by molar-refractivity contribution is 7.17. The van der Waals surface area contributed by atoms with Gasteiger partial charge < -0.3 is 9.88 Å². The molecule has 0 unspecified atom stereocenters. The number of amides is 1. The zero-order valence-corrected chi connectivity index (χ0v) is 18.0. The Morgan fingerprint density at radius 2 is 1.84 bits per heavy atom. The number of nitrogens with zero attached hydrogens (tertiary/aromatic N) is 3. The fourth-order valence-corrected chi connectivity index (χ4v) is 4.63. The average Bonchev–Trinajstić information content (AvgIpc) is 3.47. The minimum atomic E-state index is -0.130. The molecular formula is C25H22N4OS. The van der Waals surface area contributed by atoms with Gasteiger partial charge in [-0.2, -0.15) is 5.10 Å². The van der Waals surface area contributed by atoms with Gasteiger partial charge in [0.2, 0.25) is 0 Å². The van der Waals surface area contributed by atoms with E-state index < -0.39 is 0 Å². The summed E-state index contributed by atoms with van der Waals surface area (Å²) >= 11 is 1.65. The van der Waals surface area contributed by atoms with Crippen LogP contribution in [0.2, 0.25) is 0 Å². The second-order valence-electron chi connectivity index (χ2n) is 7.64. The Labute approximate surface area is 184 Å². The predicted octanol–water partition coefficient (Wildman–Crippen LogP) is 5.56. The predicted molar refractivity (Wildman–Crippen MR) is 126 cm³/mol. The zero-order chi connectivity index (χ0) is 21.2. The molecule has 3 heterocycles. The van der Waals surface area contributed by atoms with Crippen molar-refractivity contribution in [1.29, 1.82) is 0 Å². The van der Waals surface area contributed by atoms with E-state index in [1.807, 2.05) is 41.2 Å². The summed E-state index contributed by atoms with van der Waals surface area (Å²) in [4.78, 5) is 13.1. The minimum absolute atomic E-state index is 0.130. The number of hydrogen-bond acceptors (Lipinski definition) is 3. The number of rotatable bonds is 6. The lowest BCUT2D eigenvalue weighted by Gasteiger charge is -2.10. The Bertz CT molecular complexity index is 1350. The van der Waals surface area contributed by atoms with Crippen LogP contribution in [0.5, 0.6) is 0 Å². The van der Waals surface area contributed by atoms with Crippen molar-refractivity contribution in [2.45, 2.75) is 20.0 Å². The lowest BCUT2D eigenvalue weighted by Crippen LogP contribution is -2.17. The molecule has 0 bridgehead atoms. The van der Waals surface area contributed by atoms with Gasteiger partial charge in [0, 0.05) is 12.7 Å². The molecule has 5 nitrogen and oxygen atoms in total. The third-order valence-corrected chi connectivity index (χ3v) is 6.11. The summed E-state index contributed by atoms with van der Waals surface area (Å²) in [6.07, 6.45) is 3.56. The van der Waals surface area contributed by atoms with Crippen molar-refractivity contribution < 1.29 is 4.79 Å². The fraction of sp³-hybridized carbons (Fsp3) is 0.120. The maximum atomic E-state index is 13.1. The van der Waals surface area contributed by atoms with E-state index in [0.717, 1.165) is 15.8 Å². The largest absolute Gasteiger partial charge is 0.331 e. The maximum Gasteiger partial charge on any atom is 0.272 e. The first-order valence-electron chi connectivity index (χ1n) is 10.2. The molecule has 5 aromatic rings. The first kappa shape index (κ1) is 19.3. The molecule has 1 amide bonds. The normalized spacial score (nSPS) is 11.1. The first-order valence-corrected chi connectivity index (χ1v) is 11.0. The van der Waals surface area contributed by atoms with Crippen molar-refractivity contribution in [3.63, 3.8) is 0 Å². The standard InChI is InChI=1S/C25H22N4OS/c1-18-6-5-9-20(12-18)15-28-17-21(14-26-28)27-25(30)23-13-24-22(10-11-31-24)29(23)16-19-7-3-2-4-8-19/h2-14,17H,15-16H2,1H3,(H,27,30). The van der Waals surface area contributed by atoms with Crippen LogP contribution < -0.4 is 5.32 Å². The van der Waals surface area contributed by atoms with Gasteiger partial charge in [0.25, 0.3) is 5.91 Å². The van der Waals surface area contributed by atoms with Gasteiger partial charge in [-0.25, -0.2) is 0 Å². The van der Waals surface area contributed by atoms with E-state index in [9.17, 15) is 4.79 Å². The van der Waals surface area contributed by atoms with E-state index in [4.69, 9.17) is 0 Å². The van der Waals surface area contributed by atoms with Gasteiger partial charge in [-0.3, -0.25) is 9.48 Å². The summed E-state index contributed by atoms with van der Waals surface area (Å²) in [5.41, 5.74) is 5.97. The topological polar surface area (TPSA) is 51.9 Å². The lowest BCUT2D eigenvalue weighted by molar-refractivity contribution is 0.101. The molecule has 0 fully saturated rings. The number of hydrogen-bond donors (Lipinski definition) is 1. The van der Waals surface area contributed by atoms with Crippen LogP contribution >= 0.6 is 11.3 Å². The van der Waals surface area contributed by atoms with Crippen molar-refractivity contribution in [2.24, 2.45) is 0 Å². The monoisotopic (exact) mass is 426 g/mol. The molecule has 0 aliphatic heterocycles. The van der Waals surface area contributed by atoms with E-state index in [2.05, 4.69) is 63.7 Å². The smallest absolute Gasteiger partial charge is 0.272 e. The van der Waals surface area contributed by atoms with Crippen molar-refractivity contribution in [2.75, 3.05) is 5.32 Å². The van der Waals surface area contributed by atoms with Crippen LogP contribution in [0.4, 0.5) is 5.69 Å².